The summed E-state index contributed by atoms with van der Waals surface area (Å²) >= 11 is 0. The minimum atomic E-state index is -0.982. The van der Waals surface area contributed by atoms with E-state index in [1.807, 2.05) is 38.1 Å². The van der Waals surface area contributed by atoms with Gasteiger partial charge in [-0.1, -0.05) is 59.7 Å². The molecular weight excluding hydrogens is 454 g/mol. The summed E-state index contributed by atoms with van der Waals surface area (Å²) in [6.45, 7) is 4.60. The number of methoxy groups -OCH3 is 2. The number of benzene rings is 3. The molecule has 4 rings (SSSR count). The molecule has 0 spiro atoms. The molecule has 0 aliphatic heterocycles. The van der Waals surface area contributed by atoms with Gasteiger partial charge in [-0.05, 0) is 37.6 Å². The van der Waals surface area contributed by atoms with E-state index < -0.39 is 6.10 Å². The van der Waals surface area contributed by atoms with E-state index in [1.165, 1.54) is 12.7 Å². The number of amides is 1. The number of nitrogens with one attached hydrogen (secondary N) is 1. The molecule has 3 aromatic carbocycles. The number of carbonyl (C=O) groups excluding carboxylic acids is 1. The molecule has 1 unspecified atom stereocenters. The number of carbonyl (C=O) groups is 1. The van der Waals surface area contributed by atoms with Crippen molar-refractivity contribution in [1.82, 2.24) is 15.1 Å². The lowest BCUT2D eigenvalue weighted by Crippen LogP contribution is -2.28. The van der Waals surface area contributed by atoms with E-state index in [9.17, 15) is 9.90 Å². The first-order chi connectivity index (χ1) is 17.4. The van der Waals surface area contributed by atoms with Gasteiger partial charge in [0, 0.05) is 23.9 Å². The highest BCUT2D eigenvalue weighted by atomic mass is 16.5. The van der Waals surface area contributed by atoms with Crippen LogP contribution >= 0.6 is 0 Å². The van der Waals surface area contributed by atoms with Crippen molar-refractivity contribution in [1.29, 1.82) is 0 Å². The first kappa shape index (κ1) is 25.0. The standard InChI is InChI=1S/C29H31N3O4/c1-19-5-9-21(10-6-19)17-32-18-25(28(31-32)22-11-7-20(2)8-12-22)29(34)30-16-26(33)24-15-23(35-3)13-14-27(24)36-4/h5-15,18,26,33H,16-17H2,1-4H3,(H,30,34). The van der Waals surface area contributed by atoms with Gasteiger partial charge in [-0.15, -0.1) is 0 Å². The Labute approximate surface area is 211 Å². The third kappa shape index (κ3) is 5.75. The van der Waals surface area contributed by atoms with Gasteiger partial charge in [0.15, 0.2) is 0 Å². The van der Waals surface area contributed by atoms with E-state index in [0.717, 1.165) is 16.7 Å². The maximum Gasteiger partial charge on any atom is 0.255 e. The zero-order valence-corrected chi connectivity index (χ0v) is 21.0. The summed E-state index contributed by atoms with van der Waals surface area (Å²) in [4.78, 5) is 13.3. The lowest BCUT2D eigenvalue weighted by atomic mass is 10.1. The quantitative estimate of drug-likeness (QED) is 0.359. The van der Waals surface area contributed by atoms with Crippen LogP contribution in [0.15, 0.2) is 72.9 Å². The number of nitrogens with zero attached hydrogens (tertiary/aromatic N) is 2. The number of rotatable bonds is 9. The van der Waals surface area contributed by atoms with Crippen molar-refractivity contribution in [3.63, 3.8) is 0 Å². The summed E-state index contributed by atoms with van der Waals surface area (Å²) in [6.07, 6.45) is 0.771. The largest absolute Gasteiger partial charge is 0.497 e. The average molecular weight is 486 g/mol. The van der Waals surface area contributed by atoms with E-state index in [0.29, 0.717) is 34.9 Å². The van der Waals surface area contributed by atoms with E-state index >= 15 is 0 Å². The highest BCUT2D eigenvalue weighted by molar-refractivity contribution is 5.99. The summed E-state index contributed by atoms with van der Waals surface area (Å²) < 4.78 is 12.4. The fourth-order valence-corrected chi connectivity index (χ4v) is 3.97. The summed E-state index contributed by atoms with van der Waals surface area (Å²) in [5, 5.41) is 18.4. The van der Waals surface area contributed by atoms with Gasteiger partial charge in [-0.3, -0.25) is 9.48 Å². The smallest absolute Gasteiger partial charge is 0.255 e. The molecule has 1 heterocycles. The van der Waals surface area contributed by atoms with Crippen LogP contribution in [-0.4, -0.2) is 41.6 Å². The lowest BCUT2D eigenvalue weighted by molar-refractivity contribution is 0.0915. The predicted molar refractivity (Wildman–Crippen MR) is 140 cm³/mol. The molecule has 186 valence electrons. The van der Waals surface area contributed by atoms with Gasteiger partial charge < -0.3 is 19.9 Å². The Morgan fingerprint density at radius 2 is 1.64 bits per heavy atom. The fraction of sp³-hybridized carbons (Fsp3) is 0.241. The van der Waals surface area contributed by atoms with Crippen LogP contribution in [0.25, 0.3) is 11.3 Å². The van der Waals surface area contributed by atoms with Crippen molar-refractivity contribution in [2.75, 3.05) is 20.8 Å². The Balaban J connectivity index is 1.58. The molecule has 0 fully saturated rings. The Kier molecular flexibility index (Phi) is 7.71. The molecule has 1 atom stereocenters. The number of hydrogen-bond acceptors (Lipinski definition) is 5. The maximum atomic E-state index is 13.3. The molecule has 36 heavy (non-hydrogen) atoms. The van der Waals surface area contributed by atoms with Crippen molar-refractivity contribution in [2.24, 2.45) is 0 Å². The van der Waals surface area contributed by atoms with Gasteiger partial charge in [0.1, 0.15) is 23.3 Å². The van der Waals surface area contributed by atoms with Crippen LogP contribution in [0.2, 0.25) is 0 Å². The van der Waals surface area contributed by atoms with Crippen LogP contribution in [0.5, 0.6) is 11.5 Å². The fourth-order valence-electron chi connectivity index (χ4n) is 3.97. The zero-order chi connectivity index (χ0) is 25.7. The first-order valence-electron chi connectivity index (χ1n) is 11.8. The number of aliphatic hydroxyl groups excluding tert-OH is 1. The Bertz CT molecular complexity index is 1330. The number of aromatic nitrogens is 2. The monoisotopic (exact) mass is 485 g/mol. The highest BCUT2D eigenvalue weighted by Crippen LogP contribution is 2.29. The van der Waals surface area contributed by atoms with E-state index in [4.69, 9.17) is 14.6 Å². The number of aryl methyl sites for hydroxylation is 2. The van der Waals surface area contributed by atoms with E-state index in [1.54, 1.807) is 36.2 Å². The molecule has 7 nitrogen and oxygen atoms in total. The SMILES string of the molecule is COc1ccc(OC)c(C(O)CNC(=O)c2cn(Cc3ccc(C)cc3)nc2-c2ccc(C)cc2)c1. The van der Waals surface area contributed by atoms with E-state index in [-0.39, 0.29) is 12.5 Å². The Morgan fingerprint density at radius 1 is 0.972 bits per heavy atom. The van der Waals surface area contributed by atoms with Gasteiger partial charge in [0.2, 0.25) is 0 Å². The second-order valence-electron chi connectivity index (χ2n) is 8.77. The van der Waals surface area contributed by atoms with Crippen LogP contribution in [0, 0.1) is 13.8 Å². The third-order valence-electron chi connectivity index (χ3n) is 6.05. The molecule has 0 saturated heterocycles. The zero-order valence-electron chi connectivity index (χ0n) is 21.0. The molecular formula is C29H31N3O4. The van der Waals surface area contributed by atoms with Gasteiger partial charge >= 0.3 is 0 Å². The predicted octanol–water partition coefficient (Wildman–Crippen LogP) is 4.70. The van der Waals surface area contributed by atoms with Crippen molar-refractivity contribution in [3.8, 4) is 22.8 Å². The van der Waals surface area contributed by atoms with Crippen LogP contribution in [0.1, 0.15) is 38.7 Å². The number of aliphatic hydroxyl groups is 1. The minimum Gasteiger partial charge on any atom is -0.497 e. The molecule has 0 radical (unpaired) electrons. The summed E-state index contributed by atoms with van der Waals surface area (Å²) in [6, 6.07) is 21.3. The molecule has 4 aromatic rings. The van der Waals surface area contributed by atoms with Crippen LogP contribution in [0.3, 0.4) is 0 Å². The lowest BCUT2D eigenvalue weighted by Gasteiger charge is -2.16. The molecule has 7 heteroatoms. The molecule has 0 saturated carbocycles. The Hall–Kier alpha value is -4.10. The van der Waals surface area contributed by atoms with E-state index in [2.05, 4.69) is 29.6 Å². The van der Waals surface area contributed by atoms with Gasteiger partial charge in [-0.2, -0.15) is 5.10 Å². The molecule has 2 N–H and O–H groups in total. The van der Waals surface area contributed by atoms with Gasteiger partial charge in [0.25, 0.3) is 5.91 Å². The highest BCUT2D eigenvalue weighted by Gasteiger charge is 2.21. The normalized spacial score (nSPS) is 11.7. The molecule has 1 aromatic heterocycles. The van der Waals surface area contributed by atoms with Crippen molar-refractivity contribution in [2.45, 2.75) is 26.5 Å². The third-order valence-corrected chi connectivity index (χ3v) is 6.05. The van der Waals surface area contributed by atoms with Crippen molar-refractivity contribution >= 4 is 5.91 Å². The Morgan fingerprint density at radius 3 is 2.28 bits per heavy atom. The van der Waals surface area contributed by atoms with Gasteiger partial charge in [-0.25, -0.2) is 0 Å². The summed E-state index contributed by atoms with van der Waals surface area (Å²) in [7, 11) is 3.09. The second-order valence-corrected chi connectivity index (χ2v) is 8.77. The average Bonchev–Trinajstić information content (AvgIpc) is 3.32. The number of ether oxygens (including phenoxy) is 2. The first-order valence-corrected chi connectivity index (χ1v) is 11.8. The van der Waals surface area contributed by atoms with Crippen molar-refractivity contribution < 1.29 is 19.4 Å². The molecule has 0 aliphatic rings. The topological polar surface area (TPSA) is 85.6 Å². The summed E-state index contributed by atoms with van der Waals surface area (Å²) in [5.74, 6) is 0.792. The number of hydrogen-bond donors (Lipinski definition) is 2. The maximum absolute atomic E-state index is 13.3. The second kappa shape index (κ2) is 11.1. The van der Waals surface area contributed by atoms with Gasteiger partial charge in [0.05, 0.1) is 26.3 Å². The van der Waals surface area contributed by atoms with Crippen molar-refractivity contribution in [3.05, 3.63) is 101 Å². The van der Waals surface area contributed by atoms with Crippen LogP contribution in [-0.2, 0) is 6.54 Å². The summed E-state index contributed by atoms with van der Waals surface area (Å²) in [5.41, 5.74) is 5.81. The minimum absolute atomic E-state index is 0.00115. The van der Waals surface area contributed by atoms with Crippen LogP contribution in [0.4, 0.5) is 0 Å². The molecule has 0 aliphatic carbocycles. The molecule has 1 amide bonds. The molecule has 0 bridgehead atoms. The van der Waals surface area contributed by atoms with Crippen LogP contribution < -0.4 is 14.8 Å².